The normalized spacial score (nSPS) is 27.4. The Morgan fingerprint density at radius 2 is 1.84 bits per heavy atom. The standard InChI is InChI=1S/C34H48N6O8S/c1-33(2,3)48-32(44)36-25-16-11-9-7-8-10-14-22-19-34(22,30(43)37-49(45,46)38(4)5)20-28(41)27-18-23(21-40(27)29(25)42)47-31-35-24-15-12-13-17-26(24)39(31)6/h10,12-15,17,22-23,25,27H,7-9,11,16,18-21H2,1-6H3,(H,36,44)(H,37,43)/b14-10-/t22-,23-,25+,27+,34-/m1/s1. The molecule has 14 nitrogen and oxygen atoms in total. The minimum atomic E-state index is -4.11. The van der Waals surface area contributed by atoms with E-state index in [1.165, 1.54) is 19.0 Å². The highest BCUT2D eigenvalue weighted by Crippen LogP contribution is 2.57. The molecule has 15 heteroatoms. The van der Waals surface area contributed by atoms with Crippen LogP contribution < -0.4 is 14.8 Å². The number of rotatable bonds is 6. The van der Waals surface area contributed by atoms with Gasteiger partial charge in [0, 0.05) is 34.0 Å². The molecule has 1 aromatic carbocycles. The fourth-order valence-electron chi connectivity index (χ4n) is 6.63. The van der Waals surface area contributed by atoms with E-state index in [-0.39, 0.29) is 31.1 Å². The summed E-state index contributed by atoms with van der Waals surface area (Å²) in [6.45, 7) is 5.24. The first kappa shape index (κ1) is 36.3. The maximum atomic E-state index is 14.3. The number of hydrogen-bond donors (Lipinski definition) is 2. The zero-order chi connectivity index (χ0) is 35.7. The van der Waals surface area contributed by atoms with Crippen LogP contribution in [0.2, 0.25) is 0 Å². The number of aryl methyl sites for hydroxylation is 1. The molecule has 1 aliphatic carbocycles. The van der Waals surface area contributed by atoms with Gasteiger partial charge in [-0.15, -0.1) is 0 Å². The Morgan fingerprint density at radius 1 is 1.10 bits per heavy atom. The number of fused-ring (bicyclic) bond motifs is 3. The predicted octanol–water partition coefficient (Wildman–Crippen LogP) is 3.22. The second-order valence-electron chi connectivity index (χ2n) is 14.5. The molecule has 0 radical (unpaired) electrons. The predicted molar refractivity (Wildman–Crippen MR) is 182 cm³/mol. The summed E-state index contributed by atoms with van der Waals surface area (Å²) in [6.07, 6.45) is 5.95. The minimum absolute atomic E-state index is 0.0441. The summed E-state index contributed by atoms with van der Waals surface area (Å²) >= 11 is 0. The van der Waals surface area contributed by atoms with Crippen molar-refractivity contribution in [2.45, 2.75) is 95.9 Å². The third kappa shape index (κ3) is 8.26. The van der Waals surface area contributed by atoms with Gasteiger partial charge < -0.3 is 19.7 Å². The molecule has 5 rings (SSSR count). The molecule has 1 saturated carbocycles. The molecular weight excluding hydrogens is 652 g/mol. The summed E-state index contributed by atoms with van der Waals surface area (Å²) < 4.78 is 41.9. The van der Waals surface area contributed by atoms with E-state index < -0.39 is 57.3 Å². The number of allylic oxidation sites excluding steroid dienone is 2. The van der Waals surface area contributed by atoms with Crippen molar-refractivity contribution in [3.05, 3.63) is 36.4 Å². The van der Waals surface area contributed by atoms with Gasteiger partial charge in [-0.2, -0.15) is 17.7 Å². The van der Waals surface area contributed by atoms with Crippen molar-refractivity contribution >= 4 is 44.9 Å². The lowest BCUT2D eigenvalue weighted by atomic mass is 9.91. The minimum Gasteiger partial charge on any atom is -0.459 e. The molecule has 2 aromatic rings. The molecular formula is C34H48N6O8S. The molecule has 3 amide bonds. The Labute approximate surface area is 287 Å². The second-order valence-corrected chi connectivity index (χ2v) is 16.4. The van der Waals surface area contributed by atoms with Crippen molar-refractivity contribution in [3.8, 4) is 6.01 Å². The fourth-order valence-corrected chi connectivity index (χ4v) is 7.25. The molecule has 3 aliphatic rings. The maximum Gasteiger partial charge on any atom is 0.408 e. The fraction of sp³-hybridized carbons (Fsp3) is 0.618. The van der Waals surface area contributed by atoms with E-state index in [1.807, 2.05) is 43.5 Å². The summed E-state index contributed by atoms with van der Waals surface area (Å²) in [7, 11) is 0.341. The van der Waals surface area contributed by atoms with E-state index >= 15 is 0 Å². The summed E-state index contributed by atoms with van der Waals surface area (Å²) in [4.78, 5) is 61.2. The topological polar surface area (TPSA) is 169 Å². The quantitative estimate of drug-likeness (QED) is 0.430. The lowest BCUT2D eigenvalue weighted by Crippen LogP contribution is -2.53. The average Bonchev–Trinajstić information content (AvgIpc) is 3.38. The van der Waals surface area contributed by atoms with Crippen LogP contribution in [0.1, 0.15) is 72.1 Å². The zero-order valence-corrected chi connectivity index (χ0v) is 29.9. The van der Waals surface area contributed by atoms with E-state index in [2.05, 4.69) is 15.0 Å². The van der Waals surface area contributed by atoms with Gasteiger partial charge in [0.05, 0.1) is 29.0 Å². The molecule has 3 heterocycles. The van der Waals surface area contributed by atoms with Gasteiger partial charge in [-0.3, -0.25) is 19.0 Å². The van der Waals surface area contributed by atoms with E-state index in [9.17, 15) is 27.6 Å². The van der Waals surface area contributed by atoms with Gasteiger partial charge in [-0.25, -0.2) is 9.52 Å². The summed E-state index contributed by atoms with van der Waals surface area (Å²) in [5.74, 6) is -1.92. The number of carbonyl (C=O) groups is 4. The monoisotopic (exact) mass is 700 g/mol. The summed E-state index contributed by atoms with van der Waals surface area (Å²) in [6, 6.07) is 5.92. The Morgan fingerprint density at radius 3 is 2.53 bits per heavy atom. The van der Waals surface area contributed by atoms with Gasteiger partial charge in [-0.1, -0.05) is 37.1 Å². The number of ketones is 1. The van der Waals surface area contributed by atoms with Gasteiger partial charge in [0.2, 0.25) is 11.8 Å². The van der Waals surface area contributed by atoms with E-state index in [0.29, 0.717) is 31.7 Å². The molecule has 2 fully saturated rings. The lowest BCUT2D eigenvalue weighted by Gasteiger charge is -2.30. The van der Waals surface area contributed by atoms with Gasteiger partial charge in [-0.05, 0) is 64.5 Å². The van der Waals surface area contributed by atoms with E-state index in [0.717, 1.165) is 28.2 Å². The maximum absolute atomic E-state index is 14.3. The molecule has 2 aliphatic heterocycles. The molecule has 268 valence electrons. The largest absolute Gasteiger partial charge is 0.459 e. The summed E-state index contributed by atoms with van der Waals surface area (Å²) in [5.41, 5.74) is -0.482. The van der Waals surface area contributed by atoms with Crippen LogP contribution in [-0.2, 0) is 36.4 Å². The number of para-hydroxylation sites is 2. The number of ether oxygens (including phenoxy) is 2. The van der Waals surface area contributed by atoms with Crippen LogP contribution >= 0.6 is 0 Å². The van der Waals surface area contributed by atoms with Crippen molar-refractivity contribution in [2.75, 3.05) is 20.6 Å². The number of nitrogens with zero attached hydrogens (tertiary/aromatic N) is 4. The first-order valence-corrected chi connectivity index (χ1v) is 18.3. The van der Waals surface area contributed by atoms with Gasteiger partial charge in [0.25, 0.3) is 6.01 Å². The number of amides is 3. The van der Waals surface area contributed by atoms with Crippen LogP contribution in [0.5, 0.6) is 6.01 Å². The number of carbonyl (C=O) groups excluding carboxylic acids is 4. The number of Topliss-reactive ketones (excluding diaryl/α,β-unsaturated/α-hetero) is 1. The van der Waals surface area contributed by atoms with Crippen molar-refractivity contribution in [3.63, 3.8) is 0 Å². The van der Waals surface area contributed by atoms with Gasteiger partial charge in [0.15, 0.2) is 5.78 Å². The number of aromatic nitrogens is 2. The lowest BCUT2D eigenvalue weighted by molar-refractivity contribution is -0.140. The molecule has 1 aromatic heterocycles. The number of imidazole rings is 1. The van der Waals surface area contributed by atoms with Crippen LogP contribution in [0.3, 0.4) is 0 Å². The SMILES string of the molecule is CN(C)S(=O)(=O)NC(=O)[C@]12CC(=O)[C@@H]3C[C@@H](Oc4nc5ccccc5n4C)CN3C(=O)[C@@H](NC(=O)OC(C)(C)C)CCCCC/C=C\[C@@H]1C2. The number of nitrogens with one attached hydrogen (secondary N) is 2. The molecule has 1 saturated heterocycles. The highest BCUT2D eigenvalue weighted by Gasteiger charge is 2.61. The second kappa shape index (κ2) is 14.1. The average molecular weight is 701 g/mol. The Bertz CT molecular complexity index is 1730. The zero-order valence-electron chi connectivity index (χ0n) is 29.1. The van der Waals surface area contributed by atoms with Gasteiger partial charge >= 0.3 is 16.3 Å². The van der Waals surface area contributed by atoms with Crippen LogP contribution in [0, 0.1) is 11.3 Å². The number of benzene rings is 1. The molecule has 0 spiro atoms. The molecule has 0 bridgehead atoms. The molecule has 2 N–H and O–H groups in total. The highest BCUT2D eigenvalue weighted by molar-refractivity contribution is 7.87. The number of hydrogen-bond acceptors (Lipinski definition) is 9. The molecule has 49 heavy (non-hydrogen) atoms. The van der Waals surface area contributed by atoms with Crippen LogP contribution in [0.4, 0.5) is 4.79 Å². The Kier molecular flexibility index (Phi) is 10.4. The van der Waals surface area contributed by atoms with Crippen LogP contribution in [0.15, 0.2) is 36.4 Å². The van der Waals surface area contributed by atoms with Crippen LogP contribution in [0.25, 0.3) is 11.0 Å². The highest BCUT2D eigenvalue weighted by atomic mass is 32.2. The smallest absolute Gasteiger partial charge is 0.408 e. The molecule has 0 unspecified atom stereocenters. The summed E-state index contributed by atoms with van der Waals surface area (Å²) in [5, 5.41) is 2.74. The number of alkyl carbamates (subject to hydrolysis) is 1. The van der Waals surface area contributed by atoms with Crippen molar-refractivity contribution < 1.29 is 37.1 Å². The Hall–Kier alpha value is -3.98. The first-order valence-electron chi connectivity index (χ1n) is 16.8. The van der Waals surface area contributed by atoms with Crippen molar-refractivity contribution in [2.24, 2.45) is 18.4 Å². The van der Waals surface area contributed by atoms with E-state index in [4.69, 9.17) is 9.47 Å². The third-order valence-corrected chi connectivity index (χ3v) is 10.8. The van der Waals surface area contributed by atoms with Crippen molar-refractivity contribution in [1.29, 1.82) is 0 Å². The Balaban J connectivity index is 1.46. The van der Waals surface area contributed by atoms with Crippen LogP contribution in [-0.4, -0.2) is 95.3 Å². The third-order valence-electron chi connectivity index (χ3n) is 9.43. The van der Waals surface area contributed by atoms with Crippen molar-refractivity contribution in [1.82, 2.24) is 28.8 Å². The molecule has 5 atom stereocenters. The first-order chi connectivity index (χ1) is 23.0. The van der Waals surface area contributed by atoms with E-state index in [1.54, 1.807) is 25.3 Å². The van der Waals surface area contributed by atoms with Gasteiger partial charge in [0.1, 0.15) is 17.7 Å².